The number of nitrogens with one attached hydrogen (secondary N) is 1. The smallest absolute Gasteiger partial charge is 0.289 e. The Balaban J connectivity index is 1.28. The van der Waals surface area contributed by atoms with Crippen LogP contribution in [0.15, 0.2) is 40.8 Å². The van der Waals surface area contributed by atoms with Crippen molar-refractivity contribution < 1.29 is 18.7 Å². The molecular weight excluding hydrogens is 394 g/mol. The molecule has 7 nitrogen and oxygen atoms in total. The number of hydrogen-bond donors (Lipinski definition) is 1. The molecule has 7 heteroatoms. The van der Waals surface area contributed by atoms with Crippen LogP contribution in [-0.2, 0) is 6.42 Å². The second-order valence-electron chi connectivity index (χ2n) is 8.05. The highest BCUT2D eigenvalue weighted by Gasteiger charge is 2.28. The van der Waals surface area contributed by atoms with Crippen LogP contribution in [0.3, 0.4) is 0 Å². The zero-order valence-electron chi connectivity index (χ0n) is 18.3. The van der Waals surface area contributed by atoms with Crippen LogP contribution in [0.25, 0.3) is 0 Å². The third-order valence-corrected chi connectivity index (χ3v) is 5.93. The van der Waals surface area contributed by atoms with E-state index in [2.05, 4.69) is 10.2 Å². The van der Waals surface area contributed by atoms with E-state index in [-0.39, 0.29) is 5.91 Å². The number of aryl methyl sites for hydroxylation is 2. The first-order valence-corrected chi connectivity index (χ1v) is 10.7. The van der Waals surface area contributed by atoms with E-state index in [0.29, 0.717) is 24.7 Å². The molecule has 1 aliphatic rings. The standard InChI is InChI=1S/C24H29N3O4/c1-16-20(17(2)26-25-16)14-19-8-9-23(31-19)24(28)27-12-10-18(15-27)11-13-30-22-7-5-4-6-21(22)29-3/h4-9,18H,10-15H2,1-3H3,(H,25,26). The average Bonchev–Trinajstić information content (AvgIpc) is 3.51. The molecule has 1 amide bonds. The van der Waals surface area contributed by atoms with E-state index >= 15 is 0 Å². The van der Waals surface area contributed by atoms with Crippen molar-refractivity contribution in [1.82, 2.24) is 15.1 Å². The van der Waals surface area contributed by atoms with E-state index < -0.39 is 0 Å². The van der Waals surface area contributed by atoms with Gasteiger partial charge in [0.05, 0.1) is 19.4 Å². The zero-order chi connectivity index (χ0) is 21.8. The lowest BCUT2D eigenvalue weighted by Gasteiger charge is -2.16. The normalized spacial score (nSPS) is 16.0. The van der Waals surface area contributed by atoms with E-state index in [1.54, 1.807) is 13.2 Å². The van der Waals surface area contributed by atoms with Crippen molar-refractivity contribution in [2.45, 2.75) is 33.1 Å². The molecule has 1 unspecified atom stereocenters. The number of rotatable bonds is 8. The number of para-hydroxylation sites is 2. The molecule has 1 saturated heterocycles. The highest BCUT2D eigenvalue weighted by Crippen LogP contribution is 2.28. The summed E-state index contributed by atoms with van der Waals surface area (Å²) < 4.78 is 17.1. The fourth-order valence-electron chi connectivity index (χ4n) is 4.08. The van der Waals surface area contributed by atoms with Gasteiger partial charge in [0.1, 0.15) is 5.76 Å². The molecule has 1 aromatic carbocycles. The summed E-state index contributed by atoms with van der Waals surface area (Å²) in [5, 5.41) is 7.21. The molecule has 0 spiro atoms. The van der Waals surface area contributed by atoms with E-state index in [1.807, 2.05) is 49.1 Å². The van der Waals surface area contributed by atoms with Gasteiger partial charge in [-0.1, -0.05) is 12.1 Å². The Morgan fingerprint density at radius 3 is 2.77 bits per heavy atom. The molecule has 4 rings (SSSR count). The molecule has 1 atom stereocenters. The Kier molecular flexibility index (Phi) is 6.30. The quantitative estimate of drug-likeness (QED) is 0.589. The van der Waals surface area contributed by atoms with Gasteiger partial charge in [-0.15, -0.1) is 0 Å². The average molecular weight is 424 g/mol. The monoisotopic (exact) mass is 423 g/mol. The van der Waals surface area contributed by atoms with Crippen molar-refractivity contribution in [2.24, 2.45) is 5.92 Å². The number of aromatic amines is 1. The van der Waals surface area contributed by atoms with Crippen molar-refractivity contribution in [1.29, 1.82) is 0 Å². The topological polar surface area (TPSA) is 80.6 Å². The number of carbonyl (C=O) groups excluding carboxylic acids is 1. The first-order chi connectivity index (χ1) is 15.0. The van der Waals surface area contributed by atoms with Gasteiger partial charge in [-0.25, -0.2) is 0 Å². The number of amides is 1. The summed E-state index contributed by atoms with van der Waals surface area (Å²) in [7, 11) is 1.64. The minimum atomic E-state index is -0.0416. The fraction of sp³-hybridized carbons (Fsp3) is 0.417. The van der Waals surface area contributed by atoms with Gasteiger partial charge >= 0.3 is 0 Å². The number of benzene rings is 1. The summed E-state index contributed by atoms with van der Waals surface area (Å²) in [5.41, 5.74) is 3.10. The molecule has 3 heterocycles. The molecule has 2 aromatic heterocycles. The van der Waals surface area contributed by atoms with Crippen LogP contribution in [0.1, 0.15) is 46.1 Å². The Morgan fingerprint density at radius 2 is 2.03 bits per heavy atom. The molecule has 1 fully saturated rings. The van der Waals surface area contributed by atoms with Crippen molar-refractivity contribution in [3.05, 3.63) is 64.9 Å². The first-order valence-electron chi connectivity index (χ1n) is 10.7. The van der Waals surface area contributed by atoms with Gasteiger partial charge in [0, 0.05) is 30.8 Å². The van der Waals surface area contributed by atoms with Crippen molar-refractivity contribution >= 4 is 5.91 Å². The van der Waals surface area contributed by atoms with E-state index in [0.717, 1.165) is 60.1 Å². The lowest BCUT2D eigenvalue weighted by Crippen LogP contribution is -2.28. The molecule has 0 saturated carbocycles. The van der Waals surface area contributed by atoms with Gasteiger partial charge in [-0.3, -0.25) is 9.89 Å². The minimum Gasteiger partial charge on any atom is -0.493 e. The third kappa shape index (κ3) is 4.76. The molecule has 0 bridgehead atoms. The van der Waals surface area contributed by atoms with Crippen LogP contribution < -0.4 is 9.47 Å². The summed E-state index contributed by atoms with van der Waals surface area (Å²) in [6.07, 6.45) is 2.50. The molecule has 0 aliphatic carbocycles. The molecule has 1 aliphatic heterocycles. The predicted octanol–water partition coefficient (Wildman–Crippen LogP) is 4.15. The molecular formula is C24H29N3O4. The lowest BCUT2D eigenvalue weighted by molar-refractivity contribution is 0.0752. The molecule has 31 heavy (non-hydrogen) atoms. The number of likely N-dealkylation sites (tertiary alicyclic amines) is 1. The highest BCUT2D eigenvalue weighted by molar-refractivity contribution is 5.91. The number of methoxy groups -OCH3 is 1. The van der Waals surface area contributed by atoms with Crippen LogP contribution >= 0.6 is 0 Å². The zero-order valence-corrected chi connectivity index (χ0v) is 18.3. The fourth-order valence-corrected chi connectivity index (χ4v) is 4.08. The van der Waals surface area contributed by atoms with Crippen LogP contribution in [0, 0.1) is 19.8 Å². The number of carbonyl (C=O) groups is 1. The first kappa shape index (κ1) is 21.0. The van der Waals surface area contributed by atoms with Gasteiger partial charge in [-0.05, 0) is 56.9 Å². The summed E-state index contributed by atoms with van der Waals surface area (Å²) in [6, 6.07) is 11.3. The van der Waals surface area contributed by atoms with Crippen molar-refractivity contribution in [3.8, 4) is 11.5 Å². The van der Waals surface area contributed by atoms with Crippen LogP contribution in [0.4, 0.5) is 0 Å². The van der Waals surface area contributed by atoms with Crippen molar-refractivity contribution in [2.75, 3.05) is 26.8 Å². The lowest BCUT2D eigenvalue weighted by atomic mass is 10.1. The maximum Gasteiger partial charge on any atom is 0.289 e. The number of ether oxygens (including phenoxy) is 2. The van der Waals surface area contributed by atoms with E-state index in [4.69, 9.17) is 13.9 Å². The maximum absolute atomic E-state index is 12.9. The van der Waals surface area contributed by atoms with Crippen LogP contribution in [-0.4, -0.2) is 47.8 Å². The van der Waals surface area contributed by atoms with Crippen LogP contribution in [0.2, 0.25) is 0 Å². The Bertz CT molecular complexity index is 1020. The summed E-state index contributed by atoms with van der Waals surface area (Å²) in [6.45, 7) is 6.03. The number of H-pyrrole nitrogens is 1. The molecule has 3 aromatic rings. The number of furan rings is 1. The Morgan fingerprint density at radius 1 is 1.23 bits per heavy atom. The van der Waals surface area contributed by atoms with Gasteiger partial charge in [-0.2, -0.15) is 5.10 Å². The SMILES string of the molecule is COc1ccccc1OCCC1CCN(C(=O)c2ccc(Cc3c(C)n[nH]c3C)o2)C1. The molecule has 164 valence electrons. The van der Waals surface area contributed by atoms with Gasteiger partial charge in [0.2, 0.25) is 0 Å². The second kappa shape index (κ2) is 9.29. The summed E-state index contributed by atoms with van der Waals surface area (Å²) in [4.78, 5) is 14.8. The van der Waals surface area contributed by atoms with Crippen LogP contribution in [0.5, 0.6) is 11.5 Å². The molecule has 1 N–H and O–H groups in total. The largest absolute Gasteiger partial charge is 0.493 e. The Hall–Kier alpha value is -3.22. The predicted molar refractivity (Wildman–Crippen MR) is 117 cm³/mol. The highest BCUT2D eigenvalue weighted by atomic mass is 16.5. The second-order valence-corrected chi connectivity index (χ2v) is 8.05. The van der Waals surface area contributed by atoms with E-state index in [9.17, 15) is 4.79 Å². The van der Waals surface area contributed by atoms with E-state index in [1.165, 1.54) is 0 Å². The number of hydrogen-bond acceptors (Lipinski definition) is 5. The minimum absolute atomic E-state index is 0.0416. The number of nitrogens with zero attached hydrogens (tertiary/aromatic N) is 2. The Labute approximate surface area is 182 Å². The van der Waals surface area contributed by atoms with Gasteiger partial charge in [0.25, 0.3) is 5.91 Å². The third-order valence-electron chi connectivity index (χ3n) is 5.93. The summed E-state index contributed by atoms with van der Waals surface area (Å²) >= 11 is 0. The summed E-state index contributed by atoms with van der Waals surface area (Å²) in [5.74, 6) is 3.04. The number of aromatic nitrogens is 2. The van der Waals surface area contributed by atoms with Gasteiger partial charge < -0.3 is 18.8 Å². The maximum atomic E-state index is 12.9. The molecule has 0 radical (unpaired) electrons. The van der Waals surface area contributed by atoms with Gasteiger partial charge in [0.15, 0.2) is 17.3 Å². The van der Waals surface area contributed by atoms with Crippen molar-refractivity contribution in [3.63, 3.8) is 0 Å².